The van der Waals surface area contributed by atoms with Gasteiger partial charge in [0.1, 0.15) is 17.2 Å². The SMILES string of the molecule is CN1C(=O)c2c(O)c(=O)c(C(=O)NCc3ccc(F)cc3F)cn2CC12CCCCC2. The number of halogens is 2. The van der Waals surface area contributed by atoms with Crippen LogP contribution in [0.2, 0.25) is 0 Å². The monoisotopic (exact) mass is 431 g/mol. The number of carbonyl (C=O) groups is 2. The van der Waals surface area contributed by atoms with Crippen molar-refractivity contribution in [1.82, 2.24) is 14.8 Å². The Morgan fingerprint density at radius 3 is 2.58 bits per heavy atom. The first-order valence-corrected chi connectivity index (χ1v) is 10.2. The van der Waals surface area contributed by atoms with E-state index in [9.17, 15) is 28.3 Å². The van der Waals surface area contributed by atoms with Gasteiger partial charge in [-0.1, -0.05) is 25.3 Å². The molecule has 1 aliphatic carbocycles. The zero-order chi connectivity index (χ0) is 22.3. The lowest BCUT2D eigenvalue weighted by atomic mass is 9.79. The molecule has 1 aliphatic heterocycles. The van der Waals surface area contributed by atoms with E-state index in [-0.39, 0.29) is 23.4 Å². The molecule has 0 saturated heterocycles. The summed E-state index contributed by atoms with van der Waals surface area (Å²) in [5.41, 5.74) is -1.81. The van der Waals surface area contributed by atoms with Gasteiger partial charge in [-0.15, -0.1) is 0 Å². The first-order valence-electron chi connectivity index (χ1n) is 10.2. The van der Waals surface area contributed by atoms with Gasteiger partial charge >= 0.3 is 0 Å². The zero-order valence-electron chi connectivity index (χ0n) is 17.1. The van der Waals surface area contributed by atoms with E-state index in [1.165, 1.54) is 16.8 Å². The number of carbonyl (C=O) groups excluding carboxylic acids is 2. The Bertz CT molecular complexity index is 1120. The van der Waals surface area contributed by atoms with Crippen molar-refractivity contribution in [2.75, 3.05) is 7.05 Å². The van der Waals surface area contributed by atoms with E-state index in [1.54, 1.807) is 11.9 Å². The molecule has 2 heterocycles. The largest absolute Gasteiger partial charge is 0.503 e. The van der Waals surface area contributed by atoms with E-state index in [0.29, 0.717) is 12.6 Å². The zero-order valence-corrected chi connectivity index (χ0v) is 17.1. The predicted octanol–water partition coefficient (Wildman–Crippen LogP) is 2.55. The van der Waals surface area contributed by atoms with Crippen LogP contribution in [0, 0.1) is 11.6 Å². The molecular formula is C22H23F2N3O4. The van der Waals surface area contributed by atoms with Crippen LogP contribution in [0.15, 0.2) is 29.2 Å². The topological polar surface area (TPSA) is 91.6 Å². The maximum absolute atomic E-state index is 13.8. The van der Waals surface area contributed by atoms with Crippen LogP contribution in [0.1, 0.15) is 58.5 Å². The summed E-state index contributed by atoms with van der Waals surface area (Å²) >= 11 is 0. The van der Waals surface area contributed by atoms with Gasteiger partial charge in [-0.3, -0.25) is 14.4 Å². The molecule has 1 aromatic heterocycles. The molecule has 0 atom stereocenters. The molecule has 164 valence electrons. The highest BCUT2D eigenvalue weighted by molar-refractivity contribution is 5.99. The van der Waals surface area contributed by atoms with Crippen LogP contribution in [-0.4, -0.2) is 39.0 Å². The fourth-order valence-electron chi connectivity index (χ4n) is 4.60. The van der Waals surface area contributed by atoms with Gasteiger partial charge in [0.05, 0.1) is 5.54 Å². The Morgan fingerprint density at radius 1 is 1.19 bits per heavy atom. The average Bonchev–Trinajstić information content (AvgIpc) is 2.74. The van der Waals surface area contributed by atoms with Crippen molar-refractivity contribution < 1.29 is 23.5 Å². The van der Waals surface area contributed by atoms with Gasteiger partial charge in [0.2, 0.25) is 5.43 Å². The van der Waals surface area contributed by atoms with Gasteiger partial charge in [0, 0.05) is 38.0 Å². The summed E-state index contributed by atoms with van der Waals surface area (Å²) in [6.07, 6.45) is 5.90. The van der Waals surface area contributed by atoms with Gasteiger partial charge in [0.15, 0.2) is 11.4 Å². The van der Waals surface area contributed by atoms with Crippen molar-refractivity contribution >= 4 is 11.8 Å². The Morgan fingerprint density at radius 2 is 1.90 bits per heavy atom. The first-order chi connectivity index (χ1) is 14.7. The number of benzene rings is 1. The molecule has 4 rings (SSSR count). The van der Waals surface area contributed by atoms with Gasteiger partial charge in [-0.25, -0.2) is 8.78 Å². The standard InChI is InChI=1S/C22H23F2N3O4/c1-26-21(31)17-19(29)18(28)15(11-27(17)12-22(26)7-3-2-4-8-22)20(30)25-10-13-5-6-14(23)9-16(13)24/h5-6,9,11,29H,2-4,7-8,10,12H2,1H3,(H,25,30). The van der Waals surface area contributed by atoms with Crippen LogP contribution in [0.4, 0.5) is 8.78 Å². The van der Waals surface area contributed by atoms with Crippen molar-refractivity contribution in [2.24, 2.45) is 0 Å². The second-order valence-electron chi connectivity index (χ2n) is 8.26. The third-order valence-electron chi connectivity index (χ3n) is 6.42. The molecule has 2 aromatic rings. The molecule has 1 aromatic carbocycles. The van der Waals surface area contributed by atoms with Crippen molar-refractivity contribution in [1.29, 1.82) is 0 Å². The lowest BCUT2D eigenvalue weighted by Gasteiger charge is -2.48. The summed E-state index contributed by atoms with van der Waals surface area (Å²) in [4.78, 5) is 39.8. The number of hydrogen-bond donors (Lipinski definition) is 2. The lowest BCUT2D eigenvalue weighted by Crippen LogP contribution is -2.58. The third kappa shape index (κ3) is 3.58. The van der Waals surface area contributed by atoms with Crippen molar-refractivity contribution in [3.63, 3.8) is 0 Å². The predicted molar refractivity (Wildman–Crippen MR) is 108 cm³/mol. The van der Waals surface area contributed by atoms with Crippen LogP contribution >= 0.6 is 0 Å². The maximum Gasteiger partial charge on any atom is 0.274 e. The Balaban J connectivity index is 1.65. The summed E-state index contributed by atoms with van der Waals surface area (Å²) in [5.74, 6) is -3.61. The number of rotatable bonds is 3. The first kappa shape index (κ1) is 21.0. The second kappa shape index (κ2) is 7.79. The second-order valence-corrected chi connectivity index (χ2v) is 8.26. The number of hydrogen-bond acceptors (Lipinski definition) is 4. The third-order valence-corrected chi connectivity index (χ3v) is 6.42. The highest BCUT2D eigenvalue weighted by Crippen LogP contribution is 2.39. The number of aromatic nitrogens is 1. The summed E-state index contributed by atoms with van der Waals surface area (Å²) in [6.45, 7) is 0.101. The Kier molecular flexibility index (Phi) is 5.28. The van der Waals surface area contributed by atoms with Gasteiger partial charge < -0.3 is 19.9 Å². The number of amides is 2. The summed E-state index contributed by atoms with van der Waals surface area (Å²) in [5, 5.41) is 12.9. The maximum atomic E-state index is 13.8. The number of nitrogens with zero attached hydrogens (tertiary/aromatic N) is 2. The normalized spacial score (nSPS) is 17.5. The lowest BCUT2D eigenvalue weighted by molar-refractivity contribution is 0.0256. The minimum atomic E-state index is -0.968. The van der Waals surface area contributed by atoms with Crippen LogP contribution in [0.3, 0.4) is 0 Å². The summed E-state index contributed by atoms with van der Waals surface area (Å²) < 4.78 is 28.3. The molecule has 9 heteroatoms. The smallest absolute Gasteiger partial charge is 0.274 e. The Labute approximate surface area is 177 Å². The number of fused-ring (bicyclic) bond motifs is 1. The highest BCUT2D eigenvalue weighted by Gasteiger charge is 2.45. The van der Waals surface area contributed by atoms with E-state index in [4.69, 9.17) is 0 Å². The Hall–Kier alpha value is -3.23. The van der Waals surface area contributed by atoms with Gasteiger partial charge in [-0.05, 0) is 18.9 Å². The van der Waals surface area contributed by atoms with Crippen LogP contribution in [-0.2, 0) is 13.1 Å². The molecule has 0 bridgehead atoms. The number of nitrogens with one attached hydrogen (secondary N) is 1. The molecule has 2 N–H and O–H groups in total. The fourth-order valence-corrected chi connectivity index (χ4v) is 4.60. The van der Waals surface area contributed by atoms with E-state index >= 15 is 0 Å². The fraction of sp³-hybridized carbons (Fsp3) is 0.409. The molecule has 2 aliphatic rings. The molecule has 0 radical (unpaired) electrons. The average molecular weight is 431 g/mol. The van der Waals surface area contributed by atoms with Crippen molar-refractivity contribution in [2.45, 2.75) is 50.7 Å². The van der Waals surface area contributed by atoms with E-state index in [0.717, 1.165) is 38.2 Å². The molecule has 31 heavy (non-hydrogen) atoms. The molecule has 2 amide bonds. The van der Waals surface area contributed by atoms with Crippen molar-refractivity contribution in [3.8, 4) is 5.75 Å². The summed E-state index contributed by atoms with van der Waals surface area (Å²) in [7, 11) is 1.68. The molecule has 1 spiro atoms. The molecule has 7 nitrogen and oxygen atoms in total. The van der Waals surface area contributed by atoms with Crippen LogP contribution < -0.4 is 10.7 Å². The minimum Gasteiger partial charge on any atom is -0.503 e. The minimum absolute atomic E-state index is 0.0509. The highest BCUT2D eigenvalue weighted by atomic mass is 19.1. The van der Waals surface area contributed by atoms with E-state index < -0.39 is 40.2 Å². The molecule has 0 unspecified atom stereocenters. The van der Waals surface area contributed by atoms with Crippen LogP contribution in [0.5, 0.6) is 5.75 Å². The molecular weight excluding hydrogens is 408 g/mol. The van der Waals surface area contributed by atoms with Gasteiger partial charge in [-0.2, -0.15) is 0 Å². The number of likely N-dealkylation sites (N-methyl/N-ethyl adjacent to an activating group) is 1. The van der Waals surface area contributed by atoms with Crippen molar-refractivity contribution in [3.05, 3.63) is 63.1 Å². The summed E-state index contributed by atoms with van der Waals surface area (Å²) in [6, 6.07) is 2.96. The molecule has 1 fully saturated rings. The number of aromatic hydroxyl groups is 1. The van der Waals surface area contributed by atoms with E-state index in [1.807, 2.05) is 0 Å². The van der Waals surface area contributed by atoms with Crippen LogP contribution in [0.25, 0.3) is 0 Å². The molecule has 1 saturated carbocycles. The number of pyridine rings is 1. The quantitative estimate of drug-likeness (QED) is 0.782. The van der Waals surface area contributed by atoms with Gasteiger partial charge in [0.25, 0.3) is 11.8 Å². The van der Waals surface area contributed by atoms with E-state index in [2.05, 4.69) is 5.32 Å².